The van der Waals surface area contributed by atoms with E-state index in [4.69, 9.17) is 0 Å². The molecule has 5 aromatic rings. The van der Waals surface area contributed by atoms with E-state index in [9.17, 15) is 14.4 Å². The third-order valence-electron chi connectivity index (χ3n) is 11.6. The largest absolute Gasteiger partial charge is 0.374 e. The van der Waals surface area contributed by atoms with Crippen LogP contribution in [0, 0.1) is 30.4 Å². The van der Waals surface area contributed by atoms with Crippen LogP contribution >= 0.6 is 0 Å². The molecule has 3 aromatic heterocycles. The first-order valence-electron chi connectivity index (χ1n) is 20.2. The fraction of sp³-hybridized carbons (Fsp3) is 0.419. The van der Waals surface area contributed by atoms with Gasteiger partial charge in [0.2, 0.25) is 23.7 Å². The fourth-order valence-electron chi connectivity index (χ4n) is 8.56. The number of amides is 3. The van der Waals surface area contributed by atoms with Crippen LogP contribution in [0.1, 0.15) is 69.8 Å². The summed E-state index contributed by atoms with van der Waals surface area (Å²) < 4.78 is 32.1. The number of imide groups is 1. The molecule has 1 unspecified atom stereocenters. The lowest BCUT2D eigenvalue weighted by Crippen LogP contribution is -2.47. The van der Waals surface area contributed by atoms with Gasteiger partial charge >= 0.3 is 0 Å². The molecule has 58 heavy (non-hydrogen) atoms. The predicted molar refractivity (Wildman–Crippen MR) is 217 cm³/mol. The number of imidazole rings is 1. The minimum atomic E-state index is -0.666. The standard InChI is InChI=1S/C43H48F2N10O3/c1-25(2)55-26(3)48-40-33(44)21-30(22-36(40)55)39-34(45)24-47-43(52-39)50-37-10-4-28(23-46-37)20-27-12-16-54(17-13-27)42(58)29-14-18-53(19-15-29)32-7-5-31(6-8-32)49-35-9-11-38(56)51-41(35)57/h4-8,10,21-25,27,29,35,49H,9,11-20H2,1-3H3,(H,51,56,57)(H,46,47,50,52). The monoisotopic (exact) mass is 790 g/mol. The maximum atomic E-state index is 15.1. The number of carbonyl (C=O) groups is 3. The van der Waals surface area contributed by atoms with E-state index in [1.165, 1.54) is 6.07 Å². The van der Waals surface area contributed by atoms with Crippen LogP contribution in [-0.4, -0.2) is 79.3 Å². The Labute approximate surface area is 335 Å². The number of nitrogens with zero attached hydrogens (tertiary/aromatic N) is 7. The highest BCUT2D eigenvalue weighted by Crippen LogP contribution is 2.32. The van der Waals surface area contributed by atoms with Crippen LogP contribution in [0.2, 0.25) is 0 Å². The molecule has 3 fully saturated rings. The van der Waals surface area contributed by atoms with Crippen LogP contribution in [0.3, 0.4) is 0 Å². The van der Waals surface area contributed by atoms with Crippen molar-refractivity contribution < 1.29 is 23.2 Å². The smallest absolute Gasteiger partial charge is 0.249 e. The molecule has 13 nitrogen and oxygen atoms in total. The van der Waals surface area contributed by atoms with Crippen molar-refractivity contribution in [1.29, 1.82) is 0 Å². The van der Waals surface area contributed by atoms with Crippen molar-refractivity contribution in [1.82, 2.24) is 34.7 Å². The normalized spacial score (nSPS) is 18.2. The number of likely N-dealkylation sites (tertiary alicyclic amines) is 1. The highest BCUT2D eigenvalue weighted by Gasteiger charge is 2.32. The molecule has 0 radical (unpaired) electrons. The second kappa shape index (κ2) is 16.5. The first kappa shape index (κ1) is 38.9. The summed E-state index contributed by atoms with van der Waals surface area (Å²) >= 11 is 0. The Balaban J connectivity index is 0.801. The van der Waals surface area contributed by atoms with Gasteiger partial charge in [-0.1, -0.05) is 6.07 Å². The molecule has 3 amide bonds. The first-order chi connectivity index (χ1) is 28.0. The highest BCUT2D eigenvalue weighted by molar-refractivity contribution is 6.01. The Morgan fingerprint density at radius 1 is 0.897 bits per heavy atom. The van der Waals surface area contributed by atoms with E-state index < -0.39 is 17.7 Å². The molecule has 3 aliphatic heterocycles. The zero-order valence-corrected chi connectivity index (χ0v) is 33.0. The van der Waals surface area contributed by atoms with E-state index in [1.807, 2.05) is 72.8 Å². The number of hydrogen-bond acceptors (Lipinski definition) is 10. The van der Waals surface area contributed by atoms with Gasteiger partial charge < -0.3 is 25.0 Å². The van der Waals surface area contributed by atoms with Crippen molar-refractivity contribution in [3.63, 3.8) is 0 Å². The number of carbonyl (C=O) groups excluding carboxylic acids is 3. The molecular formula is C43H48F2N10O3. The number of nitrogens with one attached hydrogen (secondary N) is 3. The van der Waals surface area contributed by atoms with Crippen LogP contribution < -0.4 is 20.9 Å². The molecule has 1 atom stereocenters. The molecule has 3 N–H and O–H groups in total. The summed E-state index contributed by atoms with van der Waals surface area (Å²) in [7, 11) is 0. The van der Waals surface area contributed by atoms with Crippen molar-refractivity contribution in [2.24, 2.45) is 11.8 Å². The van der Waals surface area contributed by atoms with E-state index in [0.29, 0.717) is 41.5 Å². The van der Waals surface area contributed by atoms with E-state index in [-0.39, 0.29) is 46.8 Å². The number of aryl methyl sites for hydroxylation is 1. The minimum Gasteiger partial charge on any atom is -0.374 e. The summed E-state index contributed by atoms with van der Waals surface area (Å²) in [5.74, 6) is 0.312. The average Bonchev–Trinajstić information content (AvgIpc) is 3.57. The topological polar surface area (TPSA) is 150 Å². The van der Waals surface area contributed by atoms with Gasteiger partial charge in [0.1, 0.15) is 28.9 Å². The van der Waals surface area contributed by atoms with Gasteiger partial charge in [-0.05, 0) is 113 Å². The molecule has 0 spiro atoms. The Kier molecular flexibility index (Phi) is 11.0. The second-order valence-electron chi connectivity index (χ2n) is 15.9. The number of fused-ring (bicyclic) bond motifs is 1. The number of hydrogen-bond donors (Lipinski definition) is 3. The number of pyridine rings is 1. The molecule has 0 aliphatic carbocycles. The maximum absolute atomic E-state index is 15.1. The van der Waals surface area contributed by atoms with Gasteiger partial charge in [-0.15, -0.1) is 0 Å². The third kappa shape index (κ3) is 8.34. The second-order valence-corrected chi connectivity index (χ2v) is 15.9. The summed E-state index contributed by atoms with van der Waals surface area (Å²) in [5, 5.41) is 8.65. The van der Waals surface area contributed by atoms with Crippen molar-refractivity contribution in [2.75, 3.05) is 41.7 Å². The van der Waals surface area contributed by atoms with Gasteiger partial charge in [0, 0.05) is 67.7 Å². The van der Waals surface area contributed by atoms with Crippen LogP contribution in [0.4, 0.5) is 31.9 Å². The number of piperidine rings is 3. The third-order valence-corrected chi connectivity index (χ3v) is 11.6. The Morgan fingerprint density at radius 2 is 1.66 bits per heavy atom. The van der Waals surface area contributed by atoms with Gasteiger partial charge in [-0.2, -0.15) is 0 Å². The Bertz CT molecular complexity index is 2320. The van der Waals surface area contributed by atoms with Gasteiger partial charge in [0.25, 0.3) is 0 Å². The number of rotatable bonds is 10. The van der Waals surface area contributed by atoms with E-state index in [1.54, 1.807) is 6.07 Å². The molecule has 0 saturated carbocycles. The summed E-state index contributed by atoms with van der Waals surface area (Å²) in [4.78, 5) is 58.9. The molecule has 0 bridgehead atoms. The number of anilines is 4. The lowest BCUT2D eigenvalue weighted by Gasteiger charge is -2.38. The molecule has 3 aliphatic rings. The van der Waals surface area contributed by atoms with Gasteiger partial charge in [-0.25, -0.2) is 28.7 Å². The van der Waals surface area contributed by atoms with Crippen LogP contribution in [0.5, 0.6) is 0 Å². The molecular weight excluding hydrogens is 743 g/mol. The minimum absolute atomic E-state index is 0.0235. The van der Waals surface area contributed by atoms with Crippen molar-refractivity contribution in [2.45, 2.75) is 77.8 Å². The lowest BCUT2D eigenvalue weighted by atomic mass is 9.89. The zero-order chi connectivity index (χ0) is 40.5. The van der Waals surface area contributed by atoms with Crippen LogP contribution in [0.25, 0.3) is 22.3 Å². The molecule has 2 aromatic carbocycles. The van der Waals surface area contributed by atoms with Crippen LogP contribution in [0.15, 0.2) is 60.9 Å². The molecule has 3 saturated heterocycles. The fourth-order valence-corrected chi connectivity index (χ4v) is 8.56. The number of aromatic nitrogens is 5. The summed E-state index contributed by atoms with van der Waals surface area (Å²) in [5.41, 5.74) is 4.09. The van der Waals surface area contributed by atoms with E-state index in [0.717, 1.165) is 81.4 Å². The highest BCUT2D eigenvalue weighted by atomic mass is 19.1. The van der Waals surface area contributed by atoms with Gasteiger partial charge in [0.15, 0.2) is 11.6 Å². The lowest BCUT2D eigenvalue weighted by molar-refractivity contribution is -0.137. The maximum Gasteiger partial charge on any atom is 0.249 e. The van der Waals surface area contributed by atoms with Crippen molar-refractivity contribution >= 4 is 51.9 Å². The van der Waals surface area contributed by atoms with Crippen molar-refractivity contribution in [3.8, 4) is 11.3 Å². The quantitative estimate of drug-likeness (QED) is 0.130. The number of halogens is 2. The summed E-state index contributed by atoms with van der Waals surface area (Å²) in [6, 6.07) is 14.4. The van der Waals surface area contributed by atoms with Crippen LogP contribution in [-0.2, 0) is 20.8 Å². The van der Waals surface area contributed by atoms with Crippen molar-refractivity contribution in [3.05, 3.63) is 83.9 Å². The molecule has 6 heterocycles. The van der Waals surface area contributed by atoms with E-state index in [2.05, 4.69) is 40.8 Å². The zero-order valence-electron chi connectivity index (χ0n) is 33.0. The predicted octanol–water partition coefficient (Wildman–Crippen LogP) is 6.71. The SMILES string of the molecule is Cc1nc2c(F)cc(-c3nc(Nc4ccc(CC5CCN(C(=O)C6CCN(c7ccc(NC8CCC(=O)NC8=O)cc7)CC6)CC5)cn4)ncc3F)cc2n1C(C)C. The average molecular weight is 791 g/mol. The Hall–Kier alpha value is -5.99. The molecule has 302 valence electrons. The van der Waals surface area contributed by atoms with E-state index >= 15 is 8.78 Å². The number of benzene rings is 2. The Morgan fingerprint density at radius 3 is 2.34 bits per heavy atom. The van der Waals surface area contributed by atoms with Gasteiger partial charge in [0.05, 0.1) is 11.7 Å². The summed E-state index contributed by atoms with van der Waals surface area (Å²) in [6.45, 7) is 8.90. The summed E-state index contributed by atoms with van der Waals surface area (Å²) in [6.07, 6.45) is 8.03. The molecule has 15 heteroatoms. The molecule has 8 rings (SSSR count). The first-order valence-corrected chi connectivity index (χ1v) is 20.2. The van der Waals surface area contributed by atoms with Gasteiger partial charge in [-0.3, -0.25) is 19.7 Å².